The van der Waals surface area contributed by atoms with Gasteiger partial charge in [0.15, 0.2) is 5.58 Å². The molecule has 1 heterocycles. The number of nitrogens with one attached hydrogen (secondary N) is 1. The molecule has 0 radical (unpaired) electrons. The van der Waals surface area contributed by atoms with E-state index in [2.05, 4.69) is 5.32 Å². The maximum atomic E-state index is 11.9. The smallest absolute Gasteiger partial charge is 0.408 e. The predicted molar refractivity (Wildman–Crippen MR) is 81.3 cm³/mol. The number of carbonyl (C=O) groups excluding carboxylic acids is 1. The number of nitrogens with two attached hydrogens (primary N) is 1. The van der Waals surface area contributed by atoms with E-state index >= 15 is 0 Å². The zero-order valence-electron chi connectivity index (χ0n) is 12.4. The van der Waals surface area contributed by atoms with Crippen LogP contribution in [0.5, 0.6) is 0 Å². The van der Waals surface area contributed by atoms with Gasteiger partial charge < -0.3 is 20.4 Å². The van der Waals surface area contributed by atoms with Gasteiger partial charge in [-0.3, -0.25) is 9.36 Å². The summed E-state index contributed by atoms with van der Waals surface area (Å²) in [5.41, 5.74) is 7.26. The Hall–Kier alpha value is -2.12. The summed E-state index contributed by atoms with van der Waals surface area (Å²) in [6.45, 7) is 2.84. The standard InChI is InChI=1S/C14H20N4O3/c1-9(15)13(19)16-10-4-5-12-11(8-10)18(14(20)21-12)7-6-17(2)3/h4-5,8-9H,6-7,15H2,1-3H3,(H,16,19)/t9-/m1/s1. The van der Waals surface area contributed by atoms with Crippen molar-refractivity contribution >= 4 is 22.7 Å². The van der Waals surface area contributed by atoms with Crippen molar-refractivity contribution < 1.29 is 9.21 Å². The fourth-order valence-corrected chi connectivity index (χ4v) is 1.91. The first-order chi connectivity index (χ1) is 9.88. The second-order valence-corrected chi connectivity index (χ2v) is 5.28. The van der Waals surface area contributed by atoms with Crippen molar-refractivity contribution in [2.45, 2.75) is 19.5 Å². The molecule has 1 aromatic heterocycles. The number of hydrogen-bond donors (Lipinski definition) is 2. The van der Waals surface area contributed by atoms with Crippen LogP contribution < -0.4 is 16.8 Å². The second-order valence-electron chi connectivity index (χ2n) is 5.28. The van der Waals surface area contributed by atoms with Crippen LogP contribution in [0.25, 0.3) is 11.1 Å². The number of rotatable bonds is 5. The lowest BCUT2D eigenvalue weighted by Gasteiger charge is -2.10. The van der Waals surface area contributed by atoms with Gasteiger partial charge in [0.1, 0.15) is 0 Å². The second kappa shape index (κ2) is 6.11. The normalized spacial score (nSPS) is 12.8. The number of aromatic nitrogens is 1. The van der Waals surface area contributed by atoms with Crippen molar-refractivity contribution in [2.24, 2.45) is 5.73 Å². The number of carbonyl (C=O) groups is 1. The average Bonchev–Trinajstić information content (AvgIpc) is 2.71. The van der Waals surface area contributed by atoms with Crippen LogP contribution >= 0.6 is 0 Å². The van der Waals surface area contributed by atoms with Crippen molar-refractivity contribution in [3.63, 3.8) is 0 Å². The van der Waals surface area contributed by atoms with Crippen molar-refractivity contribution in [1.29, 1.82) is 0 Å². The highest BCUT2D eigenvalue weighted by atomic mass is 16.4. The van der Waals surface area contributed by atoms with Crippen LogP contribution in [0.4, 0.5) is 5.69 Å². The summed E-state index contributed by atoms with van der Waals surface area (Å²) in [7, 11) is 3.86. The number of nitrogens with zero attached hydrogens (tertiary/aromatic N) is 2. The van der Waals surface area contributed by atoms with Gasteiger partial charge in [0.2, 0.25) is 5.91 Å². The molecular weight excluding hydrogens is 272 g/mol. The summed E-state index contributed by atoms with van der Waals surface area (Å²) in [6.07, 6.45) is 0. The van der Waals surface area contributed by atoms with E-state index in [1.807, 2.05) is 19.0 Å². The maximum Gasteiger partial charge on any atom is 0.419 e. The van der Waals surface area contributed by atoms with E-state index in [0.29, 0.717) is 29.9 Å². The van der Waals surface area contributed by atoms with Crippen LogP contribution in [0.1, 0.15) is 6.92 Å². The topological polar surface area (TPSA) is 93.5 Å². The molecule has 0 aliphatic rings. The Labute approximate surface area is 122 Å². The van der Waals surface area contributed by atoms with E-state index in [1.165, 1.54) is 0 Å². The minimum Gasteiger partial charge on any atom is -0.408 e. The summed E-state index contributed by atoms with van der Waals surface area (Å²) in [5, 5.41) is 2.70. The van der Waals surface area contributed by atoms with Crippen molar-refractivity contribution in [2.75, 3.05) is 26.0 Å². The third kappa shape index (κ3) is 3.50. The van der Waals surface area contributed by atoms with Gasteiger partial charge in [0.05, 0.1) is 11.6 Å². The third-order valence-corrected chi connectivity index (χ3v) is 3.12. The highest BCUT2D eigenvalue weighted by Crippen LogP contribution is 2.18. The van der Waals surface area contributed by atoms with Crippen LogP contribution in [0, 0.1) is 0 Å². The molecule has 7 nitrogen and oxygen atoms in total. The van der Waals surface area contributed by atoms with Crippen LogP contribution in [-0.4, -0.2) is 42.1 Å². The van der Waals surface area contributed by atoms with E-state index in [-0.39, 0.29) is 5.91 Å². The third-order valence-electron chi connectivity index (χ3n) is 3.12. The van der Waals surface area contributed by atoms with Gasteiger partial charge in [0.25, 0.3) is 0 Å². The van der Waals surface area contributed by atoms with Gasteiger partial charge >= 0.3 is 5.76 Å². The van der Waals surface area contributed by atoms with Crippen LogP contribution in [0.2, 0.25) is 0 Å². The number of hydrogen-bond acceptors (Lipinski definition) is 5. The minimum absolute atomic E-state index is 0.278. The highest BCUT2D eigenvalue weighted by Gasteiger charge is 2.12. The highest BCUT2D eigenvalue weighted by molar-refractivity contribution is 5.95. The Bertz CT molecular complexity index is 700. The Kier molecular flexibility index (Phi) is 4.44. The Balaban J connectivity index is 2.34. The number of likely N-dealkylation sites (N-methyl/N-ethyl adjacent to an activating group) is 1. The number of amides is 1. The summed E-state index contributed by atoms with van der Waals surface area (Å²) in [4.78, 5) is 25.5. The number of benzene rings is 1. The lowest BCUT2D eigenvalue weighted by molar-refractivity contribution is -0.117. The molecule has 1 amide bonds. The fourth-order valence-electron chi connectivity index (χ4n) is 1.91. The molecule has 114 valence electrons. The zero-order chi connectivity index (χ0) is 15.6. The lowest BCUT2D eigenvalue weighted by atomic mass is 10.2. The van der Waals surface area contributed by atoms with E-state index in [4.69, 9.17) is 10.2 Å². The van der Waals surface area contributed by atoms with Gasteiger partial charge in [-0.1, -0.05) is 0 Å². The molecule has 0 spiro atoms. The molecule has 7 heteroatoms. The van der Waals surface area contributed by atoms with Gasteiger partial charge in [-0.25, -0.2) is 4.79 Å². The Morgan fingerprint density at radius 3 is 2.81 bits per heavy atom. The monoisotopic (exact) mass is 292 g/mol. The molecule has 0 fully saturated rings. The number of fused-ring (bicyclic) bond motifs is 1. The Morgan fingerprint density at radius 1 is 1.48 bits per heavy atom. The summed E-state index contributed by atoms with van der Waals surface area (Å²) in [5.74, 6) is -0.678. The lowest BCUT2D eigenvalue weighted by Crippen LogP contribution is -2.32. The van der Waals surface area contributed by atoms with Gasteiger partial charge in [0, 0.05) is 18.8 Å². The van der Waals surface area contributed by atoms with E-state index in [1.54, 1.807) is 29.7 Å². The van der Waals surface area contributed by atoms with Crippen molar-refractivity contribution in [3.8, 4) is 0 Å². The van der Waals surface area contributed by atoms with Gasteiger partial charge in [-0.05, 0) is 39.2 Å². The quantitative estimate of drug-likeness (QED) is 0.834. The first kappa shape index (κ1) is 15.3. The number of oxazole rings is 1. The van der Waals surface area contributed by atoms with Crippen molar-refractivity contribution in [1.82, 2.24) is 9.47 Å². The first-order valence-electron chi connectivity index (χ1n) is 6.73. The summed E-state index contributed by atoms with van der Waals surface area (Å²) in [6, 6.07) is 4.47. The molecule has 21 heavy (non-hydrogen) atoms. The molecule has 0 unspecified atom stereocenters. The largest absolute Gasteiger partial charge is 0.419 e. The molecule has 1 aromatic carbocycles. The zero-order valence-corrected chi connectivity index (χ0v) is 12.4. The summed E-state index contributed by atoms with van der Waals surface area (Å²) < 4.78 is 6.74. The molecule has 0 aliphatic carbocycles. The average molecular weight is 292 g/mol. The predicted octanol–water partition coefficient (Wildman–Crippen LogP) is 0.442. The van der Waals surface area contributed by atoms with E-state index in [0.717, 1.165) is 0 Å². The minimum atomic E-state index is -0.596. The van der Waals surface area contributed by atoms with Crippen LogP contribution in [0.3, 0.4) is 0 Å². The van der Waals surface area contributed by atoms with E-state index < -0.39 is 11.8 Å². The van der Waals surface area contributed by atoms with Gasteiger partial charge in [-0.15, -0.1) is 0 Å². The molecular formula is C14H20N4O3. The first-order valence-corrected chi connectivity index (χ1v) is 6.73. The molecule has 0 saturated heterocycles. The molecule has 0 aliphatic heterocycles. The van der Waals surface area contributed by atoms with Crippen LogP contribution in [0.15, 0.2) is 27.4 Å². The molecule has 0 saturated carbocycles. The van der Waals surface area contributed by atoms with Crippen LogP contribution in [-0.2, 0) is 11.3 Å². The van der Waals surface area contributed by atoms with E-state index in [9.17, 15) is 9.59 Å². The summed E-state index contributed by atoms with van der Waals surface area (Å²) >= 11 is 0. The van der Waals surface area contributed by atoms with Gasteiger partial charge in [-0.2, -0.15) is 0 Å². The van der Waals surface area contributed by atoms with Crippen molar-refractivity contribution in [3.05, 3.63) is 28.7 Å². The molecule has 0 bridgehead atoms. The molecule has 1 atom stereocenters. The molecule has 2 aromatic rings. The SMILES string of the molecule is C[C@@H](N)C(=O)Nc1ccc2oc(=O)n(CCN(C)C)c2c1. The molecule has 2 rings (SSSR count). The molecule has 3 N–H and O–H groups in total. The Morgan fingerprint density at radius 2 is 2.19 bits per heavy atom. The fraction of sp³-hybridized carbons (Fsp3) is 0.429. The maximum absolute atomic E-state index is 11.9. The number of anilines is 1.